The predicted octanol–water partition coefficient (Wildman–Crippen LogP) is 3.86. The van der Waals surface area contributed by atoms with Crippen LogP contribution in [0.1, 0.15) is 75.7 Å². The van der Waals surface area contributed by atoms with Gasteiger partial charge in [-0.05, 0) is 81.5 Å². The lowest BCUT2D eigenvalue weighted by atomic mass is 9.80. The number of hydrogen-bond acceptors (Lipinski definition) is 5. The summed E-state index contributed by atoms with van der Waals surface area (Å²) >= 11 is 0. The first-order valence-electron chi connectivity index (χ1n) is 11.0. The Labute approximate surface area is 171 Å². The van der Waals surface area contributed by atoms with Crippen molar-refractivity contribution in [3.8, 4) is 5.75 Å². The second-order valence-electron chi connectivity index (χ2n) is 9.72. The van der Waals surface area contributed by atoms with E-state index in [1.165, 1.54) is 38.5 Å². The highest BCUT2D eigenvalue weighted by atomic mass is 32.2. The molecule has 1 spiro atoms. The standard InChI is InChI=1S/C21H28N4O3S/c26-29(27,16-3-4-16)24-20-23-22-19-11-18(17(12-25(19)20)15-1-2-15)28-13-14-5-7-21(8-6-14)9-10-21/h11-12,14-16H,1-10,13H2,(H,23,24). The van der Waals surface area contributed by atoms with Gasteiger partial charge in [0.15, 0.2) is 5.65 Å². The molecule has 1 N–H and O–H groups in total. The number of anilines is 1. The Kier molecular flexibility index (Phi) is 3.93. The number of ether oxygens (including phenoxy) is 1. The van der Waals surface area contributed by atoms with Crippen molar-refractivity contribution in [1.82, 2.24) is 14.6 Å². The molecule has 156 valence electrons. The minimum absolute atomic E-state index is 0.280. The number of aromatic nitrogens is 3. The van der Waals surface area contributed by atoms with E-state index in [-0.39, 0.29) is 11.2 Å². The first kappa shape index (κ1) is 18.0. The molecule has 4 fully saturated rings. The normalized spacial score (nSPS) is 24.1. The predicted molar refractivity (Wildman–Crippen MR) is 110 cm³/mol. The maximum Gasteiger partial charge on any atom is 0.242 e. The number of fused-ring (bicyclic) bond motifs is 1. The van der Waals surface area contributed by atoms with Gasteiger partial charge in [0.25, 0.3) is 0 Å². The van der Waals surface area contributed by atoms with Gasteiger partial charge >= 0.3 is 0 Å². The smallest absolute Gasteiger partial charge is 0.242 e. The van der Waals surface area contributed by atoms with Crippen LogP contribution < -0.4 is 9.46 Å². The second-order valence-corrected chi connectivity index (χ2v) is 11.7. The fourth-order valence-electron chi connectivity index (χ4n) is 4.76. The van der Waals surface area contributed by atoms with Crippen LogP contribution in [0.3, 0.4) is 0 Å². The fraction of sp³-hybridized carbons (Fsp3) is 0.714. The number of nitrogens with zero attached hydrogens (tertiary/aromatic N) is 3. The molecule has 0 amide bonds. The topological polar surface area (TPSA) is 85.6 Å². The van der Waals surface area contributed by atoms with Crippen molar-refractivity contribution in [2.45, 2.75) is 75.4 Å². The fourth-order valence-corrected chi connectivity index (χ4v) is 6.07. The zero-order valence-electron chi connectivity index (χ0n) is 16.6. The summed E-state index contributed by atoms with van der Waals surface area (Å²) in [6.07, 6.45) is 13.9. The van der Waals surface area contributed by atoms with Crippen LogP contribution in [0.5, 0.6) is 5.75 Å². The Morgan fingerprint density at radius 3 is 2.48 bits per heavy atom. The highest BCUT2D eigenvalue weighted by Crippen LogP contribution is 2.57. The molecule has 8 heteroatoms. The van der Waals surface area contributed by atoms with Gasteiger partial charge in [0.2, 0.25) is 16.0 Å². The minimum atomic E-state index is -3.36. The monoisotopic (exact) mass is 416 g/mol. The Morgan fingerprint density at radius 1 is 1.07 bits per heavy atom. The average Bonchev–Trinajstić information content (AvgIpc) is 3.58. The number of nitrogens with one attached hydrogen (secondary N) is 1. The first-order valence-corrected chi connectivity index (χ1v) is 12.6. The van der Waals surface area contributed by atoms with Gasteiger partial charge in [0.05, 0.1) is 11.9 Å². The van der Waals surface area contributed by atoms with Crippen LogP contribution in [0.15, 0.2) is 12.3 Å². The molecule has 4 aliphatic carbocycles. The van der Waals surface area contributed by atoms with Gasteiger partial charge in [-0.15, -0.1) is 10.2 Å². The maximum absolute atomic E-state index is 12.3. The molecule has 4 aliphatic rings. The van der Waals surface area contributed by atoms with Crippen LogP contribution in [0.25, 0.3) is 5.65 Å². The molecule has 2 heterocycles. The summed E-state index contributed by atoms with van der Waals surface area (Å²) in [5.74, 6) is 2.31. The lowest BCUT2D eigenvalue weighted by molar-refractivity contribution is 0.174. The van der Waals surface area contributed by atoms with Crippen molar-refractivity contribution in [3.63, 3.8) is 0 Å². The Bertz CT molecular complexity index is 1040. The molecule has 0 aromatic carbocycles. The molecule has 7 nitrogen and oxygen atoms in total. The van der Waals surface area contributed by atoms with Gasteiger partial charge in [0.1, 0.15) is 5.75 Å². The van der Waals surface area contributed by atoms with E-state index in [9.17, 15) is 8.42 Å². The second kappa shape index (κ2) is 6.33. The summed E-state index contributed by atoms with van der Waals surface area (Å²) in [4.78, 5) is 0. The molecule has 4 saturated carbocycles. The molecule has 0 unspecified atom stereocenters. The van der Waals surface area contributed by atoms with Gasteiger partial charge in [-0.1, -0.05) is 0 Å². The summed E-state index contributed by atoms with van der Waals surface area (Å²) in [6.45, 7) is 0.765. The van der Waals surface area contributed by atoms with Crippen LogP contribution in [0, 0.1) is 11.3 Å². The lowest BCUT2D eigenvalue weighted by Crippen LogP contribution is -2.21. The van der Waals surface area contributed by atoms with E-state index < -0.39 is 10.0 Å². The summed E-state index contributed by atoms with van der Waals surface area (Å²) in [5, 5.41) is 8.00. The summed E-state index contributed by atoms with van der Waals surface area (Å²) in [7, 11) is -3.36. The molecule has 0 saturated heterocycles. The van der Waals surface area contributed by atoms with Gasteiger partial charge < -0.3 is 4.74 Å². The van der Waals surface area contributed by atoms with E-state index in [0.29, 0.717) is 22.9 Å². The van der Waals surface area contributed by atoms with Crippen LogP contribution in [-0.4, -0.2) is 34.9 Å². The van der Waals surface area contributed by atoms with Crippen molar-refractivity contribution in [2.24, 2.45) is 11.3 Å². The van der Waals surface area contributed by atoms with E-state index in [2.05, 4.69) is 14.9 Å². The Balaban J connectivity index is 1.22. The first-order chi connectivity index (χ1) is 14.0. The van der Waals surface area contributed by atoms with Crippen LogP contribution in [-0.2, 0) is 10.0 Å². The number of pyridine rings is 1. The molecular weight excluding hydrogens is 388 g/mol. The number of sulfonamides is 1. The summed E-state index contributed by atoms with van der Waals surface area (Å²) in [6, 6.07) is 1.93. The van der Waals surface area contributed by atoms with E-state index in [1.54, 1.807) is 4.40 Å². The van der Waals surface area contributed by atoms with E-state index >= 15 is 0 Å². The quantitative estimate of drug-likeness (QED) is 0.741. The van der Waals surface area contributed by atoms with Crippen LogP contribution >= 0.6 is 0 Å². The molecule has 0 bridgehead atoms. The SMILES string of the molecule is O=S(=O)(Nc1nnc2cc(OCC3CCC4(CC3)CC4)c(C3CC3)cn12)C1CC1. The Morgan fingerprint density at radius 2 is 1.83 bits per heavy atom. The third-order valence-electron chi connectivity index (χ3n) is 7.35. The highest BCUT2D eigenvalue weighted by molar-refractivity contribution is 7.93. The molecule has 29 heavy (non-hydrogen) atoms. The maximum atomic E-state index is 12.3. The molecule has 2 aromatic heterocycles. The van der Waals surface area contributed by atoms with Gasteiger partial charge in [-0.25, -0.2) is 8.42 Å². The summed E-state index contributed by atoms with van der Waals surface area (Å²) in [5.41, 5.74) is 2.48. The van der Waals surface area contributed by atoms with E-state index in [4.69, 9.17) is 4.74 Å². The Hall–Kier alpha value is -1.83. The van der Waals surface area contributed by atoms with Gasteiger partial charge in [-0.2, -0.15) is 0 Å². The summed E-state index contributed by atoms with van der Waals surface area (Å²) < 4.78 is 35.3. The molecular formula is C21H28N4O3S. The third kappa shape index (κ3) is 3.49. The van der Waals surface area contributed by atoms with Crippen LogP contribution in [0.4, 0.5) is 5.95 Å². The number of hydrogen-bond donors (Lipinski definition) is 1. The number of rotatable bonds is 7. The lowest BCUT2D eigenvalue weighted by Gasteiger charge is -2.28. The van der Waals surface area contributed by atoms with Crippen LogP contribution in [0.2, 0.25) is 0 Å². The minimum Gasteiger partial charge on any atom is -0.493 e. The van der Waals surface area contributed by atoms with Gasteiger partial charge in [0, 0.05) is 17.8 Å². The van der Waals surface area contributed by atoms with Crippen molar-refractivity contribution in [3.05, 3.63) is 17.8 Å². The third-order valence-corrected chi connectivity index (χ3v) is 9.16. The van der Waals surface area contributed by atoms with Crippen molar-refractivity contribution in [2.75, 3.05) is 11.3 Å². The molecule has 2 aromatic rings. The van der Waals surface area contributed by atoms with E-state index in [1.807, 2.05) is 12.3 Å². The average molecular weight is 417 g/mol. The molecule has 0 aliphatic heterocycles. The molecule has 0 radical (unpaired) electrons. The molecule has 0 atom stereocenters. The van der Waals surface area contributed by atoms with Crippen molar-refractivity contribution < 1.29 is 13.2 Å². The zero-order chi connectivity index (χ0) is 19.6. The highest BCUT2D eigenvalue weighted by Gasteiger charge is 2.44. The van der Waals surface area contributed by atoms with E-state index in [0.717, 1.165) is 43.6 Å². The molecule has 6 rings (SSSR count). The van der Waals surface area contributed by atoms with Gasteiger partial charge in [-0.3, -0.25) is 9.12 Å². The van der Waals surface area contributed by atoms with Crippen molar-refractivity contribution in [1.29, 1.82) is 0 Å². The largest absolute Gasteiger partial charge is 0.493 e. The van der Waals surface area contributed by atoms with Crippen molar-refractivity contribution >= 4 is 21.6 Å². The zero-order valence-corrected chi connectivity index (χ0v) is 17.5.